The highest BCUT2D eigenvalue weighted by molar-refractivity contribution is 8.00. The predicted molar refractivity (Wildman–Crippen MR) is 95.2 cm³/mol. The fourth-order valence-corrected chi connectivity index (χ4v) is 4.82. The van der Waals surface area contributed by atoms with Crippen LogP contribution in [0.4, 0.5) is 4.79 Å². The van der Waals surface area contributed by atoms with Crippen LogP contribution in [-0.4, -0.2) is 64.5 Å². The van der Waals surface area contributed by atoms with Crippen LogP contribution in [0, 0.1) is 0 Å². The Balaban J connectivity index is 1.23. The van der Waals surface area contributed by atoms with Crippen LogP contribution in [0.3, 0.4) is 0 Å². The zero-order chi connectivity index (χ0) is 20.1. The van der Waals surface area contributed by atoms with Gasteiger partial charge in [-0.15, -0.1) is 10.5 Å². The molecule has 3 N–H and O–H groups in total. The summed E-state index contributed by atoms with van der Waals surface area (Å²) in [6, 6.07) is 0.209. The Bertz CT molecular complexity index is 657. The van der Waals surface area contributed by atoms with E-state index in [-0.39, 0.29) is 37.4 Å². The Morgan fingerprint density at radius 2 is 1.86 bits per heavy atom. The standard InChI is InChI=1S/C16H22N4O7S/c21-11-5-6-12(22)20(11)27-14(24)7-17-26-13(23)4-2-1-3-10-15-9(8-28-10)18-16(25)19-15/h9-10,15,17H,1-8H2,(H2,18,19,25)/t9-,10-,15-/m0/s1. The van der Waals surface area contributed by atoms with Gasteiger partial charge in [0.1, 0.15) is 6.54 Å². The molecule has 12 heteroatoms. The van der Waals surface area contributed by atoms with E-state index < -0.39 is 30.3 Å². The third kappa shape index (κ3) is 5.13. The van der Waals surface area contributed by atoms with Crippen molar-refractivity contribution in [2.45, 2.75) is 55.9 Å². The molecule has 0 saturated carbocycles. The van der Waals surface area contributed by atoms with E-state index in [1.165, 1.54) is 0 Å². The minimum Gasteiger partial charge on any atom is -0.370 e. The van der Waals surface area contributed by atoms with Gasteiger partial charge in [-0.25, -0.2) is 9.59 Å². The van der Waals surface area contributed by atoms with E-state index in [0.29, 0.717) is 16.7 Å². The van der Waals surface area contributed by atoms with E-state index >= 15 is 0 Å². The number of carbonyl (C=O) groups excluding carboxylic acids is 5. The number of fused-ring (bicyclic) bond motifs is 1. The van der Waals surface area contributed by atoms with Crippen molar-refractivity contribution in [3.8, 4) is 0 Å². The van der Waals surface area contributed by atoms with Gasteiger partial charge in [0.05, 0.1) is 12.1 Å². The molecule has 11 nitrogen and oxygen atoms in total. The van der Waals surface area contributed by atoms with E-state index in [1.54, 1.807) is 0 Å². The predicted octanol–water partition coefficient (Wildman–Crippen LogP) is -0.633. The van der Waals surface area contributed by atoms with Crippen molar-refractivity contribution >= 4 is 41.5 Å². The molecule has 28 heavy (non-hydrogen) atoms. The number of nitrogens with one attached hydrogen (secondary N) is 3. The second kappa shape index (κ2) is 9.24. The van der Waals surface area contributed by atoms with Crippen molar-refractivity contribution in [1.29, 1.82) is 0 Å². The van der Waals surface area contributed by atoms with Crippen LogP contribution in [-0.2, 0) is 28.9 Å². The summed E-state index contributed by atoms with van der Waals surface area (Å²) < 4.78 is 0. The van der Waals surface area contributed by atoms with Crippen molar-refractivity contribution in [3.05, 3.63) is 0 Å². The first-order valence-electron chi connectivity index (χ1n) is 9.12. The lowest BCUT2D eigenvalue weighted by Gasteiger charge is -2.16. The van der Waals surface area contributed by atoms with Crippen LogP contribution >= 0.6 is 11.8 Å². The zero-order valence-corrected chi connectivity index (χ0v) is 15.9. The van der Waals surface area contributed by atoms with Crippen LogP contribution < -0.4 is 16.1 Å². The smallest absolute Gasteiger partial charge is 0.350 e. The van der Waals surface area contributed by atoms with Crippen molar-refractivity contribution in [2.24, 2.45) is 0 Å². The fraction of sp³-hybridized carbons (Fsp3) is 0.688. The van der Waals surface area contributed by atoms with Gasteiger partial charge in [0.2, 0.25) is 0 Å². The average molecular weight is 414 g/mol. The number of hydroxylamine groups is 3. The molecule has 0 aromatic heterocycles. The molecule has 3 heterocycles. The summed E-state index contributed by atoms with van der Waals surface area (Å²) in [6.45, 7) is -0.475. The number of rotatable bonds is 9. The quantitative estimate of drug-likeness (QED) is 0.194. The first kappa shape index (κ1) is 20.4. The van der Waals surface area contributed by atoms with Crippen molar-refractivity contribution < 1.29 is 33.6 Å². The van der Waals surface area contributed by atoms with Gasteiger partial charge >= 0.3 is 18.0 Å². The minimum absolute atomic E-state index is 0.0121. The summed E-state index contributed by atoms with van der Waals surface area (Å²) in [5, 5.41) is 6.57. The van der Waals surface area contributed by atoms with Gasteiger partial charge in [-0.2, -0.15) is 11.8 Å². The van der Waals surface area contributed by atoms with Crippen molar-refractivity contribution in [3.63, 3.8) is 0 Å². The topological polar surface area (TPSA) is 143 Å². The van der Waals surface area contributed by atoms with E-state index in [2.05, 4.69) is 21.0 Å². The van der Waals surface area contributed by atoms with Gasteiger partial charge in [-0.05, 0) is 12.8 Å². The molecule has 0 aromatic carbocycles. The lowest BCUT2D eigenvalue weighted by molar-refractivity contribution is -0.198. The van der Waals surface area contributed by atoms with Crippen LogP contribution in [0.5, 0.6) is 0 Å². The summed E-state index contributed by atoms with van der Waals surface area (Å²) in [5.74, 6) is -1.68. The maximum atomic E-state index is 11.7. The number of hydrogen-bond donors (Lipinski definition) is 3. The Morgan fingerprint density at radius 3 is 2.61 bits per heavy atom. The summed E-state index contributed by atoms with van der Waals surface area (Å²) in [7, 11) is 0. The lowest BCUT2D eigenvalue weighted by atomic mass is 10.0. The second-order valence-electron chi connectivity index (χ2n) is 6.71. The average Bonchev–Trinajstić information content (AvgIpc) is 3.29. The van der Waals surface area contributed by atoms with Gasteiger partial charge in [0.15, 0.2) is 0 Å². The SMILES string of the molecule is O=C1N[C@H]2[C@H](CS[C@H]2CCCCC(=O)ONCC(=O)ON2C(=O)CCC2=O)N1. The van der Waals surface area contributed by atoms with E-state index in [4.69, 9.17) is 4.84 Å². The molecule has 0 unspecified atom stereocenters. The zero-order valence-electron chi connectivity index (χ0n) is 15.1. The molecule has 3 atom stereocenters. The molecule has 154 valence electrons. The van der Waals surface area contributed by atoms with Gasteiger partial charge in [0.25, 0.3) is 11.8 Å². The highest BCUT2D eigenvalue weighted by atomic mass is 32.2. The number of amides is 4. The van der Waals surface area contributed by atoms with Crippen LogP contribution in [0.15, 0.2) is 0 Å². The number of carbonyl (C=O) groups is 5. The number of imide groups is 1. The number of urea groups is 1. The highest BCUT2D eigenvalue weighted by Gasteiger charge is 2.42. The van der Waals surface area contributed by atoms with Crippen LogP contribution in [0.1, 0.15) is 38.5 Å². The summed E-state index contributed by atoms with van der Waals surface area (Å²) in [6.07, 6.45) is 2.53. The molecule has 0 radical (unpaired) electrons. The number of hydrogen-bond acceptors (Lipinski definition) is 9. The van der Waals surface area contributed by atoms with Gasteiger partial charge in [0, 0.05) is 30.3 Å². The number of nitrogens with zero attached hydrogens (tertiary/aromatic N) is 1. The third-order valence-electron chi connectivity index (χ3n) is 4.66. The first-order valence-corrected chi connectivity index (χ1v) is 10.2. The van der Waals surface area contributed by atoms with Gasteiger partial charge < -0.3 is 20.3 Å². The maximum absolute atomic E-state index is 11.7. The Kier molecular flexibility index (Phi) is 6.73. The normalized spacial score (nSPS) is 26.1. The first-order chi connectivity index (χ1) is 13.4. The van der Waals surface area contributed by atoms with Crippen molar-refractivity contribution in [1.82, 2.24) is 21.2 Å². The molecule has 0 spiro atoms. The Labute approximate surface area is 165 Å². The van der Waals surface area contributed by atoms with Crippen LogP contribution in [0.2, 0.25) is 0 Å². The highest BCUT2D eigenvalue weighted by Crippen LogP contribution is 2.33. The van der Waals surface area contributed by atoms with Gasteiger partial charge in [-0.3, -0.25) is 14.4 Å². The molecule has 4 amide bonds. The van der Waals surface area contributed by atoms with Crippen LogP contribution in [0.25, 0.3) is 0 Å². The van der Waals surface area contributed by atoms with Gasteiger partial charge in [-0.1, -0.05) is 6.42 Å². The summed E-state index contributed by atoms with van der Waals surface area (Å²) >= 11 is 1.82. The molecular formula is C16H22N4O7S. The number of thioether (sulfide) groups is 1. The molecule has 3 aliphatic rings. The molecule has 0 aliphatic carbocycles. The molecule has 0 bridgehead atoms. The molecule has 3 saturated heterocycles. The van der Waals surface area contributed by atoms with E-state index in [1.807, 2.05) is 11.8 Å². The fourth-order valence-electron chi connectivity index (χ4n) is 3.28. The molecule has 3 rings (SSSR count). The molecule has 3 aliphatic heterocycles. The molecular weight excluding hydrogens is 392 g/mol. The van der Waals surface area contributed by atoms with Crippen molar-refractivity contribution in [2.75, 3.05) is 12.3 Å². The molecule has 0 aromatic rings. The molecule has 3 fully saturated rings. The van der Waals surface area contributed by atoms with E-state index in [9.17, 15) is 24.0 Å². The largest absolute Gasteiger partial charge is 0.370 e. The maximum Gasteiger partial charge on any atom is 0.350 e. The second-order valence-corrected chi connectivity index (χ2v) is 7.98. The monoisotopic (exact) mass is 414 g/mol. The van der Waals surface area contributed by atoms with E-state index in [0.717, 1.165) is 18.6 Å². The summed E-state index contributed by atoms with van der Waals surface area (Å²) in [4.78, 5) is 66.5. The minimum atomic E-state index is -0.906. The third-order valence-corrected chi connectivity index (χ3v) is 6.17. The lowest BCUT2D eigenvalue weighted by Crippen LogP contribution is -2.36. The Morgan fingerprint density at radius 1 is 1.11 bits per heavy atom. The summed E-state index contributed by atoms with van der Waals surface area (Å²) in [5.41, 5.74) is 2.17. The Hall–Kier alpha value is -2.34. The number of unbranched alkanes of at least 4 members (excludes halogenated alkanes) is 1.